The van der Waals surface area contributed by atoms with Crippen molar-refractivity contribution in [2.24, 2.45) is 0 Å². The molecule has 0 aliphatic carbocycles. The van der Waals surface area contributed by atoms with Crippen LogP contribution >= 0.6 is 11.8 Å². The van der Waals surface area contributed by atoms with Gasteiger partial charge in [-0.05, 0) is 32.5 Å². The maximum atomic E-state index is 13.0. The summed E-state index contributed by atoms with van der Waals surface area (Å²) < 4.78 is 51.1. The highest BCUT2D eigenvalue weighted by Crippen LogP contribution is 2.31. The van der Waals surface area contributed by atoms with Crippen molar-refractivity contribution in [1.29, 1.82) is 0 Å². The van der Waals surface area contributed by atoms with Gasteiger partial charge in [-0.2, -0.15) is 16.1 Å². The topological polar surface area (TPSA) is 74.8 Å². The van der Waals surface area contributed by atoms with E-state index in [1.165, 1.54) is 22.5 Å². The summed E-state index contributed by atoms with van der Waals surface area (Å²) in [5.41, 5.74) is 0. The fraction of sp³-hybridized carbons (Fsp3) is 0.571. The van der Waals surface area contributed by atoms with Crippen molar-refractivity contribution in [3.05, 3.63) is 24.3 Å². The number of hydrogen-bond acceptors (Lipinski definition) is 6. The maximum Gasteiger partial charge on any atom is 0.244 e. The standard InChI is InChI=1S/C14H22N2O4S3/c1-15(2)11-9-16(10-12(11)21-3)23(19,20)14-8-6-5-7-13(14)22(4,17)18/h5-8,11-12H,9-10H2,1-4H3. The van der Waals surface area contributed by atoms with Crippen molar-refractivity contribution in [3.63, 3.8) is 0 Å². The predicted octanol–water partition coefficient (Wildman–Crippen LogP) is 0.756. The monoisotopic (exact) mass is 378 g/mol. The van der Waals surface area contributed by atoms with Gasteiger partial charge in [0.2, 0.25) is 10.0 Å². The van der Waals surface area contributed by atoms with Gasteiger partial charge < -0.3 is 4.90 Å². The molecule has 1 aromatic rings. The molecule has 0 N–H and O–H groups in total. The van der Waals surface area contributed by atoms with E-state index in [2.05, 4.69) is 0 Å². The lowest BCUT2D eigenvalue weighted by atomic mass is 10.2. The van der Waals surface area contributed by atoms with E-state index in [9.17, 15) is 16.8 Å². The first-order chi connectivity index (χ1) is 10.6. The Morgan fingerprint density at radius 2 is 1.65 bits per heavy atom. The Bertz CT molecular complexity index is 775. The van der Waals surface area contributed by atoms with Crippen LogP contribution in [-0.4, -0.2) is 77.0 Å². The fourth-order valence-corrected chi connectivity index (χ4v) is 6.91. The molecule has 23 heavy (non-hydrogen) atoms. The summed E-state index contributed by atoms with van der Waals surface area (Å²) in [4.78, 5) is 1.73. The molecule has 9 heteroatoms. The van der Waals surface area contributed by atoms with E-state index >= 15 is 0 Å². The molecule has 1 saturated heterocycles. The number of benzene rings is 1. The average molecular weight is 379 g/mol. The van der Waals surface area contributed by atoms with Gasteiger partial charge in [-0.25, -0.2) is 16.8 Å². The van der Waals surface area contributed by atoms with Crippen molar-refractivity contribution in [1.82, 2.24) is 9.21 Å². The lowest BCUT2D eigenvalue weighted by Gasteiger charge is -2.23. The first kappa shape index (κ1) is 18.7. The molecule has 1 fully saturated rings. The molecule has 1 aliphatic heterocycles. The molecular weight excluding hydrogens is 356 g/mol. The number of rotatable bonds is 5. The molecule has 0 amide bonds. The first-order valence-electron chi connectivity index (χ1n) is 7.07. The number of sulfonamides is 1. The van der Waals surface area contributed by atoms with Crippen molar-refractivity contribution in [2.45, 2.75) is 21.1 Å². The van der Waals surface area contributed by atoms with E-state index in [4.69, 9.17) is 0 Å². The minimum atomic E-state index is -3.85. The second kappa shape index (κ2) is 6.72. The van der Waals surface area contributed by atoms with Crippen molar-refractivity contribution in [3.8, 4) is 0 Å². The van der Waals surface area contributed by atoms with Gasteiger partial charge in [0, 0.05) is 30.6 Å². The lowest BCUT2D eigenvalue weighted by molar-refractivity contribution is 0.306. The quantitative estimate of drug-likeness (QED) is 0.753. The molecule has 2 unspecified atom stereocenters. The molecule has 2 atom stereocenters. The van der Waals surface area contributed by atoms with Crippen LogP contribution in [0.1, 0.15) is 0 Å². The molecule has 2 rings (SSSR count). The van der Waals surface area contributed by atoms with Crippen LogP contribution in [0.25, 0.3) is 0 Å². The number of hydrogen-bond donors (Lipinski definition) is 0. The van der Waals surface area contributed by atoms with Crippen LogP contribution in [0.4, 0.5) is 0 Å². The van der Waals surface area contributed by atoms with Crippen molar-refractivity contribution in [2.75, 3.05) is 39.7 Å². The fourth-order valence-electron chi connectivity index (χ4n) is 2.76. The van der Waals surface area contributed by atoms with Gasteiger partial charge in [0.15, 0.2) is 9.84 Å². The average Bonchev–Trinajstić information content (AvgIpc) is 2.91. The third kappa shape index (κ3) is 3.74. The van der Waals surface area contributed by atoms with Crippen molar-refractivity contribution >= 4 is 31.6 Å². The summed E-state index contributed by atoms with van der Waals surface area (Å²) in [6.45, 7) is 0.739. The molecule has 1 aromatic carbocycles. The Morgan fingerprint density at radius 1 is 1.09 bits per heavy atom. The van der Waals surface area contributed by atoms with Crippen LogP contribution in [0.2, 0.25) is 0 Å². The third-order valence-corrected chi connectivity index (χ3v) is 8.28. The Balaban J connectivity index is 2.45. The SMILES string of the molecule is CSC1CN(S(=O)(=O)c2ccccc2S(C)(=O)=O)CC1N(C)C. The molecule has 0 saturated carbocycles. The molecule has 0 bridgehead atoms. The molecule has 1 heterocycles. The summed E-state index contributed by atoms with van der Waals surface area (Å²) in [7, 11) is -3.61. The van der Waals surface area contributed by atoms with E-state index in [-0.39, 0.29) is 21.1 Å². The van der Waals surface area contributed by atoms with E-state index in [1.807, 2.05) is 25.3 Å². The second-order valence-electron chi connectivity index (χ2n) is 5.85. The Morgan fingerprint density at radius 3 is 2.09 bits per heavy atom. The van der Waals surface area contributed by atoms with Gasteiger partial charge in [-0.3, -0.25) is 0 Å². The molecule has 0 spiro atoms. The Hall–Kier alpha value is -0.610. The van der Waals surface area contributed by atoms with Crippen LogP contribution < -0.4 is 0 Å². The molecular formula is C14H22N2O4S3. The van der Waals surface area contributed by atoms with Gasteiger partial charge in [-0.15, -0.1) is 0 Å². The maximum absolute atomic E-state index is 13.0. The largest absolute Gasteiger partial charge is 0.304 e. The lowest BCUT2D eigenvalue weighted by Crippen LogP contribution is -2.37. The number of nitrogens with zero attached hydrogens (tertiary/aromatic N) is 2. The number of likely N-dealkylation sites (N-methyl/N-ethyl adjacent to an activating group) is 1. The highest BCUT2D eigenvalue weighted by molar-refractivity contribution is 7.99. The van der Waals surface area contributed by atoms with E-state index < -0.39 is 19.9 Å². The van der Waals surface area contributed by atoms with Gasteiger partial charge in [0.05, 0.1) is 4.90 Å². The normalized spacial score (nSPS) is 23.5. The summed E-state index contributed by atoms with van der Waals surface area (Å²) in [6.07, 6.45) is 2.99. The van der Waals surface area contributed by atoms with E-state index in [1.54, 1.807) is 17.8 Å². The molecule has 1 aliphatic rings. The second-order valence-corrected chi connectivity index (χ2v) is 10.8. The minimum absolute atomic E-state index is 0.102. The van der Waals surface area contributed by atoms with Gasteiger partial charge >= 0.3 is 0 Å². The summed E-state index contributed by atoms with van der Waals surface area (Å²) in [5, 5.41) is 0.158. The highest BCUT2D eigenvalue weighted by Gasteiger charge is 2.41. The molecule has 0 radical (unpaired) electrons. The zero-order valence-electron chi connectivity index (χ0n) is 13.6. The molecule has 6 nitrogen and oxygen atoms in total. The molecule has 130 valence electrons. The Kier molecular flexibility index (Phi) is 5.47. The van der Waals surface area contributed by atoms with E-state index in [0.29, 0.717) is 13.1 Å². The summed E-state index contributed by atoms with van der Waals surface area (Å²) in [6, 6.07) is 5.89. The Labute approximate surface area is 142 Å². The molecule has 0 aromatic heterocycles. The van der Waals surface area contributed by atoms with Crippen LogP contribution in [-0.2, 0) is 19.9 Å². The smallest absolute Gasteiger partial charge is 0.244 e. The predicted molar refractivity (Wildman–Crippen MR) is 93.1 cm³/mol. The van der Waals surface area contributed by atoms with Crippen LogP contribution in [0.5, 0.6) is 0 Å². The number of thioether (sulfide) groups is 1. The number of sulfone groups is 1. The van der Waals surface area contributed by atoms with Crippen molar-refractivity contribution < 1.29 is 16.8 Å². The highest BCUT2D eigenvalue weighted by atomic mass is 32.2. The summed E-state index contributed by atoms with van der Waals surface area (Å²) in [5.74, 6) is 0. The summed E-state index contributed by atoms with van der Waals surface area (Å²) >= 11 is 1.63. The van der Waals surface area contributed by atoms with Crippen LogP contribution in [0.15, 0.2) is 34.1 Å². The van der Waals surface area contributed by atoms with Gasteiger partial charge in [0.1, 0.15) is 4.90 Å². The van der Waals surface area contributed by atoms with Gasteiger partial charge in [-0.1, -0.05) is 12.1 Å². The van der Waals surface area contributed by atoms with Crippen LogP contribution in [0, 0.1) is 0 Å². The van der Waals surface area contributed by atoms with E-state index in [0.717, 1.165) is 6.26 Å². The van der Waals surface area contributed by atoms with Crippen LogP contribution in [0.3, 0.4) is 0 Å². The zero-order valence-corrected chi connectivity index (χ0v) is 16.1. The zero-order chi connectivity index (χ0) is 17.4. The third-order valence-electron chi connectivity index (χ3n) is 4.04. The minimum Gasteiger partial charge on any atom is -0.304 e. The first-order valence-corrected chi connectivity index (χ1v) is 11.7. The van der Waals surface area contributed by atoms with Gasteiger partial charge in [0.25, 0.3) is 0 Å².